The Hall–Kier alpha value is -0.120. The van der Waals surface area contributed by atoms with E-state index < -0.39 is 0 Å². The zero-order valence-corrected chi connectivity index (χ0v) is 10.5. The lowest BCUT2D eigenvalue weighted by atomic mass is 10.2. The van der Waals surface area contributed by atoms with E-state index in [4.69, 9.17) is 9.84 Å². The molecule has 0 aliphatic carbocycles. The van der Waals surface area contributed by atoms with E-state index in [1.807, 2.05) is 0 Å². The summed E-state index contributed by atoms with van der Waals surface area (Å²) in [5, 5.41) is 12.1. The number of hydrogen-bond donors (Lipinski definition) is 2. The summed E-state index contributed by atoms with van der Waals surface area (Å²) >= 11 is 0. The van der Waals surface area contributed by atoms with Gasteiger partial charge in [-0.3, -0.25) is 0 Å². The second-order valence-electron chi connectivity index (χ2n) is 4.54. The van der Waals surface area contributed by atoms with Gasteiger partial charge in [0.25, 0.3) is 0 Å². The van der Waals surface area contributed by atoms with Crippen LogP contribution in [0.3, 0.4) is 0 Å². The van der Waals surface area contributed by atoms with Crippen LogP contribution in [0.2, 0.25) is 0 Å². The molecule has 1 unspecified atom stereocenters. The van der Waals surface area contributed by atoms with Gasteiger partial charge in [-0.05, 0) is 38.6 Å². The largest absolute Gasteiger partial charge is 0.396 e. The molecule has 0 aromatic heterocycles. The van der Waals surface area contributed by atoms with Crippen LogP contribution < -0.4 is 5.32 Å². The number of ether oxygens (including phenoxy) is 1. The summed E-state index contributed by atoms with van der Waals surface area (Å²) in [6.45, 7) is 9.49. The number of rotatable bonds is 10. The van der Waals surface area contributed by atoms with Crippen molar-refractivity contribution in [2.45, 2.75) is 46.1 Å². The van der Waals surface area contributed by atoms with Gasteiger partial charge in [-0.1, -0.05) is 13.8 Å². The Morgan fingerprint density at radius 2 is 1.93 bits per heavy atom. The van der Waals surface area contributed by atoms with Crippen LogP contribution >= 0.6 is 0 Å². The van der Waals surface area contributed by atoms with Gasteiger partial charge in [-0.2, -0.15) is 0 Å². The third-order valence-electron chi connectivity index (χ3n) is 2.20. The highest BCUT2D eigenvalue weighted by Crippen LogP contribution is 1.96. The summed E-state index contributed by atoms with van der Waals surface area (Å²) in [6, 6.07) is 0.502. The Morgan fingerprint density at radius 1 is 1.20 bits per heavy atom. The van der Waals surface area contributed by atoms with Crippen molar-refractivity contribution in [2.75, 3.05) is 26.4 Å². The van der Waals surface area contributed by atoms with E-state index >= 15 is 0 Å². The quantitative estimate of drug-likeness (QED) is 0.548. The molecule has 92 valence electrons. The monoisotopic (exact) mass is 217 g/mol. The molecular weight excluding hydrogens is 190 g/mol. The number of aliphatic hydroxyl groups is 1. The molecule has 0 fully saturated rings. The van der Waals surface area contributed by atoms with E-state index in [1.54, 1.807) is 0 Å². The molecule has 2 N–H and O–H groups in total. The minimum absolute atomic E-state index is 0.295. The van der Waals surface area contributed by atoms with Crippen molar-refractivity contribution >= 4 is 0 Å². The zero-order chi connectivity index (χ0) is 11.5. The first-order valence-corrected chi connectivity index (χ1v) is 6.08. The van der Waals surface area contributed by atoms with Crippen LogP contribution in [0.4, 0.5) is 0 Å². The summed E-state index contributed by atoms with van der Waals surface area (Å²) in [4.78, 5) is 0. The molecule has 0 rings (SSSR count). The van der Waals surface area contributed by atoms with Crippen LogP contribution in [-0.2, 0) is 4.74 Å². The molecule has 0 saturated carbocycles. The molecule has 3 heteroatoms. The molecule has 0 heterocycles. The maximum absolute atomic E-state index is 8.66. The molecule has 0 saturated heterocycles. The molecule has 0 aliphatic rings. The van der Waals surface area contributed by atoms with E-state index in [2.05, 4.69) is 26.1 Å². The fourth-order valence-corrected chi connectivity index (χ4v) is 1.34. The van der Waals surface area contributed by atoms with E-state index in [1.165, 1.54) is 0 Å². The van der Waals surface area contributed by atoms with Crippen molar-refractivity contribution in [3.8, 4) is 0 Å². The first-order valence-electron chi connectivity index (χ1n) is 6.08. The van der Waals surface area contributed by atoms with E-state index in [0.717, 1.165) is 39.0 Å². The second kappa shape index (κ2) is 10.4. The van der Waals surface area contributed by atoms with Crippen molar-refractivity contribution in [3.05, 3.63) is 0 Å². The standard InChI is InChI=1S/C12H27NO2/c1-11(2)10-15-9-5-7-13-12(3)6-4-8-14/h11-14H,4-10H2,1-3H3. The van der Waals surface area contributed by atoms with Crippen molar-refractivity contribution < 1.29 is 9.84 Å². The van der Waals surface area contributed by atoms with E-state index in [0.29, 0.717) is 18.6 Å². The molecule has 0 aromatic rings. The third kappa shape index (κ3) is 11.8. The van der Waals surface area contributed by atoms with Gasteiger partial charge in [0.15, 0.2) is 0 Å². The smallest absolute Gasteiger partial charge is 0.0489 e. The molecular formula is C12H27NO2. The fraction of sp³-hybridized carbons (Fsp3) is 1.00. The van der Waals surface area contributed by atoms with Crippen LogP contribution in [0.15, 0.2) is 0 Å². The highest BCUT2D eigenvalue weighted by Gasteiger charge is 1.99. The van der Waals surface area contributed by atoms with Crippen molar-refractivity contribution in [1.82, 2.24) is 5.32 Å². The van der Waals surface area contributed by atoms with Crippen LogP contribution in [0.5, 0.6) is 0 Å². The maximum atomic E-state index is 8.66. The summed E-state index contributed by atoms with van der Waals surface area (Å²) in [6.07, 6.45) is 3.00. The molecule has 0 bridgehead atoms. The van der Waals surface area contributed by atoms with Gasteiger partial charge in [0.1, 0.15) is 0 Å². The Bertz CT molecular complexity index is 129. The van der Waals surface area contributed by atoms with Crippen LogP contribution in [0.1, 0.15) is 40.0 Å². The predicted octanol–water partition coefficient (Wildman–Crippen LogP) is 1.80. The number of hydrogen-bond acceptors (Lipinski definition) is 3. The summed E-state index contributed by atoms with van der Waals surface area (Å²) in [7, 11) is 0. The Morgan fingerprint density at radius 3 is 2.53 bits per heavy atom. The average Bonchev–Trinajstić information content (AvgIpc) is 2.19. The fourth-order valence-electron chi connectivity index (χ4n) is 1.34. The molecule has 15 heavy (non-hydrogen) atoms. The van der Waals surface area contributed by atoms with Gasteiger partial charge in [0, 0.05) is 25.9 Å². The lowest BCUT2D eigenvalue weighted by molar-refractivity contribution is 0.107. The number of aliphatic hydroxyl groups excluding tert-OH is 1. The normalized spacial score (nSPS) is 13.4. The Balaban J connectivity index is 3.09. The minimum atomic E-state index is 0.295. The predicted molar refractivity (Wildman–Crippen MR) is 64.1 cm³/mol. The number of nitrogens with one attached hydrogen (secondary N) is 1. The maximum Gasteiger partial charge on any atom is 0.0489 e. The summed E-state index contributed by atoms with van der Waals surface area (Å²) in [5.41, 5.74) is 0. The second-order valence-corrected chi connectivity index (χ2v) is 4.54. The van der Waals surface area contributed by atoms with Gasteiger partial charge in [0.05, 0.1) is 0 Å². The van der Waals surface area contributed by atoms with Gasteiger partial charge >= 0.3 is 0 Å². The van der Waals surface area contributed by atoms with Crippen LogP contribution in [-0.4, -0.2) is 37.5 Å². The average molecular weight is 217 g/mol. The molecule has 3 nitrogen and oxygen atoms in total. The lowest BCUT2D eigenvalue weighted by Crippen LogP contribution is -2.27. The molecule has 0 aromatic carbocycles. The molecule has 1 atom stereocenters. The minimum Gasteiger partial charge on any atom is -0.396 e. The first kappa shape index (κ1) is 14.9. The Kier molecular flexibility index (Phi) is 10.3. The summed E-state index contributed by atoms with van der Waals surface area (Å²) < 4.78 is 5.48. The molecule has 0 amide bonds. The third-order valence-corrected chi connectivity index (χ3v) is 2.20. The Labute approximate surface area is 94.2 Å². The summed E-state index contributed by atoms with van der Waals surface area (Å²) in [5.74, 6) is 0.626. The van der Waals surface area contributed by atoms with Crippen molar-refractivity contribution in [1.29, 1.82) is 0 Å². The van der Waals surface area contributed by atoms with Gasteiger partial charge < -0.3 is 15.2 Å². The van der Waals surface area contributed by atoms with Gasteiger partial charge in [0.2, 0.25) is 0 Å². The molecule has 0 radical (unpaired) electrons. The molecule has 0 spiro atoms. The highest BCUT2D eigenvalue weighted by atomic mass is 16.5. The van der Waals surface area contributed by atoms with Crippen LogP contribution in [0.25, 0.3) is 0 Å². The topological polar surface area (TPSA) is 41.5 Å². The van der Waals surface area contributed by atoms with Crippen molar-refractivity contribution in [2.24, 2.45) is 5.92 Å². The van der Waals surface area contributed by atoms with E-state index in [9.17, 15) is 0 Å². The SMILES string of the molecule is CC(C)COCCCNC(C)CCCO. The van der Waals surface area contributed by atoms with Gasteiger partial charge in [-0.15, -0.1) is 0 Å². The van der Waals surface area contributed by atoms with Gasteiger partial charge in [-0.25, -0.2) is 0 Å². The molecule has 0 aliphatic heterocycles. The lowest BCUT2D eigenvalue weighted by Gasteiger charge is -2.13. The highest BCUT2D eigenvalue weighted by molar-refractivity contribution is 4.59. The van der Waals surface area contributed by atoms with E-state index in [-0.39, 0.29) is 0 Å². The van der Waals surface area contributed by atoms with Crippen molar-refractivity contribution in [3.63, 3.8) is 0 Å². The first-order chi connectivity index (χ1) is 7.16. The van der Waals surface area contributed by atoms with Crippen LogP contribution in [0, 0.1) is 5.92 Å². The zero-order valence-electron chi connectivity index (χ0n) is 10.5.